The van der Waals surface area contributed by atoms with Crippen molar-refractivity contribution in [1.29, 1.82) is 0 Å². The molecule has 1 unspecified atom stereocenters. The average molecular weight is 264 g/mol. The lowest BCUT2D eigenvalue weighted by atomic mass is 10.4. The molecule has 1 heterocycles. The number of aliphatic hydroxyl groups is 1. The maximum Gasteiger partial charge on any atom is 0.408 e. The van der Waals surface area contributed by atoms with Crippen LogP contribution in [0.1, 0.15) is 6.92 Å². The Kier molecular flexibility index (Phi) is 4.60. The number of hydrogen-bond acceptors (Lipinski definition) is 4. The second-order valence-electron chi connectivity index (χ2n) is 3.64. The number of alkyl halides is 3. The highest BCUT2D eigenvalue weighted by atomic mass is 19.4. The summed E-state index contributed by atoms with van der Waals surface area (Å²) in [6, 6.07) is 0. The van der Waals surface area contributed by atoms with E-state index in [2.05, 4.69) is 22.3 Å². The molecule has 0 spiro atoms. The van der Waals surface area contributed by atoms with E-state index in [-0.39, 0.29) is 5.69 Å². The summed E-state index contributed by atoms with van der Waals surface area (Å²) in [5.41, 5.74) is 0.617. The van der Waals surface area contributed by atoms with Crippen molar-refractivity contribution < 1.29 is 18.3 Å². The van der Waals surface area contributed by atoms with Gasteiger partial charge >= 0.3 is 6.18 Å². The molecule has 0 aliphatic heterocycles. The maximum absolute atomic E-state index is 12.1. The Morgan fingerprint density at radius 2 is 2.28 bits per heavy atom. The zero-order chi connectivity index (χ0) is 13.8. The fraction of sp³-hybridized carbons (Fsp3) is 0.500. The topological polar surface area (TPSA) is 62.1 Å². The lowest BCUT2D eigenvalue weighted by Crippen LogP contribution is -2.29. The predicted molar refractivity (Wildman–Crippen MR) is 60.7 cm³/mol. The predicted octanol–water partition coefficient (Wildman–Crippen LogP) is 1.30. The molecule has 0 aliphatic rings. The van der Waals surface area contributed by atoms with Gasteiger partial charge in [-0.1, -0.05) is 6.58 Å². The van der Waals surface area contributed by atoms with Crippen LogP contribution in [0.5, 0.6) is 0 Å². The van der Waals surface area contributed by atoms with Gasteiger partial charge in [-0.05, 0) is 6.92 Å². The third-order valence-electron chi connectivity index (χ3n) is 2.01. The van der Waals surface area contributed by atoms with E-state index >= 15 is 0 Å². The third kappa shape index (κ3) is 4.66. The van der Waals surface area contributed by atoms with Crippen molar-refractivity contribution in [2.45, 2.75) is 25.9 Å². The highest BCUT2D eigenvalue weighted by Crippen LogP contribution is 2.18. The number of aliphatic hydroxyl groups excluding tert-OH is 1. The van der Waals surface area contributed by atoms with Crippen molar-refractivity contribution in [3.63, 3.8) is 0 Å². The fourth-order valence-electron chi connectivity index (χ4n) is 1.28. The number of hydrogen-bond donors (Lipinski definition) is 3. The lowest BCUT2D eigenvalue weighted by Gasteiger charge is -2.16. The van der Waals surface area contributed by atoms with E-state index in [1.165, 1.54) is 6.20 Å². The first-order valence-electron chi connectivity index (χ1n) is 5.28. The second-order valence-corrected chi connectivity index (χ2v) is 3.64. The number of nitrogens with one attached hydrogen (secondary N) is 2. The Balaban J connectivity index is 2.56. The first-order chi connectivity index (χ1) is 8.31. The molecule has 1 rings (SSSR count). The summed E-state index contributed by atoms with van der Waals surface area (Å²) >= 11 is 0. The van der Waals surface area contributed by atoms with E-state index in [0.29, 0.717) is 12.2 Å². The van der Waals surface area contributed by atoms with Crippen LogP contribution in [-0.2, 0) is 6.54 Å². The van der Waals surface area contributed by atoms with Crippen LogP contribution in [0, 0.1) is 0 Å². The molecule has 0 aromatic carbocycles. The first-order valence-corrected chi connectivity index (χ1v) is 5.28. The highest BCUT2D eigenvalue weighted by molar-refractivity contribution is 5.40. The Morgan fingerprint density at radius 1 is 1.61 bits per heavy atom. The van der Waals surface area contributed by atoms with E-state index in [9.17, 15) is 18.3 Å². The minimum absolute atomic E-state index is 0.283. The van der Waals surface area contributed by atoms with E-state index in [0.717, 1.165) is 10.9 Å². The van der Waals surface area contributed by atoms with E-state index in [1.54, 1.807) is 0 Å². The largest absolute Gasteiger partial charge is 0.408 e. The fourth-order valence-corrected chi connectivity index (χ4v) is 1.28. The van der Waals surface area contributed by atoms with Crippen molar-refractivity contribution in [3.05, 3.63) is 24.7 Å². The van der Waals surface area contributed by atoms with E-state index < -0.39 is 18.9 Å². The number of halogens is 3. The zero-order valence-electron chi connectivity index (χ0n) is 9.83. The van der Waals surface area contributed by atoms with Gasteiger partial charge in [-0.3, -0.25) is 4.68 Å². The summed E-state index contributed by atoms with van der Waals surface area (Å²) in [4.78, 5) is 0. The molecule has 0 bridgehead atoms. The number of rotatable bonds is 6. The van der Waals surface area contributed by atoms with Gasteiger partial charge in [-0.25, -0.2) is 0 Å². The van der Waals surface area contributed by atoms with Crippen LogP contribution in [0.3, 0.4) is 0 Å². The molecular weight excluding hydrogens is 249 g/mol. The molecule has 1 aromatic rings. The zero-order valence-corrected chi connectivity index (χ0v) is 9.83. The van der Waals surface area contributed by atoms with Crippen LogP contribution in [-0.4, -0.2) is 33.8 Å². The molecular formula is C10H15F3N4O. The molecule has 1 atom stereocenters. The van der Waals surface area contributed by atoms with Gasteiger partial charge in [0.1, 0.15) is 6.54 Å². The van der Waals surface area contributed by atoms with Gasteiger partial charge < -0.3 is 15.7 Å². The van der Waals surface area contributed by atoms with Crippen molar-refractivity contribution in [1.82, 2.24) is 15.1 Å². The molecule has 0 saturated carbocycles. The molecule has 0 fully saturated rings. The summed E-state index contributed by atoms with van der Waals surface area (Å²) in [6.45, 7) is 4.83. The molecule has 3 N–H and O–H groups in total. The summed E-state index contributed by atoms with van der Waals surface area (Å²) in [5.74, 6) is 0. The highest BCUT2D eigenvalue weighted by Gasteiger charge is 2.28. The van der Waals surface area contributed by atoms with Crippen LogP contribution in [0.2, 0.25) is 0 Å². The standard InChI is InChI=1S/C10H15F3N4O/c1-3-14-7(2)9(18)16-8-4-15-17(5-8)6-10(11,12)13/h4-5,9,14,16,18H,2-3,6H2,1H3. The normalized spacial score (nSPS) is 13.2. The minimum Gasteiger partial charge on any atom is -0.385 e. The van der Waals surface area contributed by atoms with Crippen LogP contribution in [0.25, 0.3) is 0 Å². The van der Waals surface area contributed by atoms with Crippen LogP contribution in [0.15, 0.2) is 24.7 Å². The monoisotopic (exact) mass is 264 g/mol. The molecule has 102 valence electrons. The van der Waals surface area contributed by atoms with Crippen molar-refractivity contribution in [2.24, 2.45) is 0 Å². The third-order valence-corrected chi connectivity index (χ3v) is 2.01. The van der Waals surface area contributed by atoms with Crippen LogP contribution >= 0.6 is 0 Å². The first kappa shape index (κ1) is 14.4. The summed E-state index contributed by atoms with van der Waals surface area (Å²) in [5, 5.41) is 18.5. The van der Waals surface area contributed by atoms with Gasteiger partial charge in [-0.15, -0.1) is 0 Å². The Morgan fingerprint density at radius 3 is 2.83 bits per heavy atom. The van der Waals surface area contributed by atoms with Gasteiger partial charge in [-0.2, -0.15) is 18.3 Å². The van der Waals surface area contributed by atoms with Gasteiger partial charge in [0.25, 0.3) is 0 Å². The minimum atomic E-state index is -4.32. The SMILES string of the molecule is C=C(NCC)C(O)Nc1cnn(CC(F)(F)F)c1. The van der Waals surface area contributed by atoms with Gasteiger partial charge in [0.15, 0.2) is 6.23 Å². The van der Waals surface area contributed by atoms with E-state index in [4.69, 9.17) is 0 Å². The van der Waals surface area contributed by atoms with Gasteiger partial charge in [0.05, 0.1) is 17.6 Å². The maximum atomic E-state index is 12.1. The summed E-state index contributed by atoms with van der Waals surface area (Å²) < 4.78 is 37.0. The smallest absolute Gasteiger partial charge is 0.385 e. The van der Waals surface area contributed by atoms with Crippen LogP contribution < -0.4 is 10.6 Å². The Bertz CT molecular complexity index is 402. The van der Waals surface area contributed by atoms with Gasteiger partial charge in [0, 0.05) is 12.7 Å². The average Bonchev–Trinajstić information content (AvgIpc) is 2.63. The molecule has 0 saturated heterocycles. The molecule has 0 radical (unpaired) electrons. The van der Waals surface area contributed by atoms with Crippen LogP contribution in [0.4, 0.5) is 18.9 Å². The van der Waals surface area contributed by atoms with Crippen molar-refractivity contribution >= 4 is 5.69 Å². The van der Waals surface area contributed by atoms with Gasteiger partial charge in [0.2, 0.25) is 0 Å². The van der Waals surface area contributed by atoms with Crippen molar-refractivity contribution in [2.75, 3.05) is 11.9 Å². The van der Waals surface area contributed by atoms with Crippen molar-refractivity contribution in [3.8, 4) is 0 Å². The summed E-state index contributed by atoms with van der Waals surface area (Å²) in [7, 11) is 0. The second kappa shape index (κ2) is 5.76. The molecule has 0 aliphatic carbocycles. The molecule has 8 heteroatoms. The number of nitrogens with zero attached hydrogens (tertiary/aromatic N) is 2. The Labute approximate surface area is 102 Å². The Hall–Kier alpha value is -1.70. The number of likely N-dealkylation sites (N-methyl/N-ethyl adjacent to an activating group) is 1. The summed E-state index contributed by atoms with van der Waals surface area (Å²) in [6.07, 6.45) is -3.05. The number of anilines is 1. The lowest BCUT2D eigenvalue weighted by molar-refractivity contribution is -0.142. The van der Waals surface area contributed by atoms with E-state index in [1.807, 2.05) is 6.92 Å². The molecule has 18 heavy (non-hydrogen) atoms. The molecule has 5 nitrogen and oxygen atoms in total. The molecule has 1 aromatic heterocycles. The number of aromatic nitrogens is 2. The quantitative estimate of drug-likeness (QED) is 0.678. The molecule has 0 amide bonds.